The molecule has 2 saturated heterocycles. The Labute approximate surface area is 77.5 Å². The molecule has 4 nitrogen and oxygen atoms in total. The van der Waals surface area contributed by atoms with Gasteiger partial charge in [0.1, 0.15) is 12.1 Å². The highest BCUT2D eigenvalue weighted by Gasteiger charge is 2.44. The molecule has 72 valence electrons. The summed E-state index contributed by atoms with van der Waals surface area (Å²) in [5.41, 5.74) is 0. The molecule has 0 spiro atoms. The van der Waals surface area contributed by atoms with Crippen LogP contribution in [0.15, 0.2) is 0 Å². The first-order valence-corrected chi connectivity index (χ1v) is 4.70. The van der Waals surface area contributed by atoms with Gasteiger partial charge in [-0.05, 0) is 19.8 Å². The van der Waals surface area contributed by atoms with Crippen LogP contribution in [-0.2, 0) is 9.59 Å². The Bertz CT molecular complexity index is 238. The van der Waals surface area contributed by atoms with Crippen molar-refractivity contribution in [2.75, 3.05) is 13.6 Å². The Morgan fingerprint density at radius 2 is 2.00 bits per heavy atom. The predicted molar refractivity (Wildman–Crippen MR) is 47.0 cm³/mol. The zero-order chi connectivity index (χ0) is 9.59. The van der Waals surface area contributed by atoms with Gasteiger partial charge in [-0.1, -0.05) is 0 Å². The van der Waals surface area contributed by atoms with Crippen LogP contribution in [0.5, 0.6) is 0 Å². The van der Waals surface area contributed by atoms with Crippen molar-refractivity contribution < 1.29 is 9.59 Å². The van der Waals surface area contributed by atoms with Crippen molar-refractivity contribution in [2.45, 2.75) is 31.8 Å². The van der Waals surface area contributed by atoms with Gasteiger partial charge in [0.05, 0.1) is 0 Å². The summed E-state index contributed by atoms with van der Waals surface area (Å²) in [6.07, 6.45) is 1.80. The van der Waals surface area contributed by atoms with Crippen LogP contribution in [0.25, 0.3) is 0 Å². The van der Waals surface area contributed by atoms with Crippen LogP contribution in [-0.4, -0.2) is 47.3 Å². The van der Waals surface area contributed by atoms with Crippen LogP contribution >= 0.6 is 0 Å². The zero-order valence-corrected chi connectivity index (χ0v) is 7.99. The van der Waals surface area contributed by atoms with Gasteiger partial charge < -0.3 is 9.80 Å². The Hall–Kier alpha value is -1.06. The Morgan fingerprint density at radius 3 is 2.69 bits per heavy atom. The largest absolute Gasteiger partial charge is 0.332 e. The number of amides is 2. The SMILES string of the molecule is CC1C(=O)N2CCCC2C(=O)N1C. The second-order valence-corrected chi connectivity index (χ2v) is 3.81. The third-order valence-electron chi connectivity index (χ3n) is 3.11. The number of likely N-dealkylation sites (N-methyl/N-ethyl adjacent to an activating group) is 1. The Kier molecular flexibility index (Phi) is 1.78. The lowest BCUT2D eigenvalue weighted by Crippen LogP contribution is -2.60. The lowest BCUT2D eigenvalue weighted by atomic mass is 10.1. The maximum absolute atomic E-state index is 11.7. The molecule has 0 saturated carbocycles. The second-order valence-electron chi connectivity index (χ2n) is 3.81. The van der Waals surface area contributed by atoms with Gasteiger partial charge in [0.2, 0.25) is 11.8 Å². The molecule has 2 fully saturated rings. The van der Waals surface area contributed by atoms with E-state index in [4.69, 9.17) is 0 Å². The third-order valence-corrected chi connectivity index (χ3v) is 3.11. The molecule has 0 aliphatic carbocycles. The molecule has 0 aromatic heterocycles. The average Bonchev–Trinajstić information content (AvgIpc) is 2.59. The van der Waals surface area contributed by atoms with Crippen molar-refractivity contribution in [3.63, 3.8) is 0 Å². The van der Waals surface area contributed by atoms with Crippen LogP contribution in [0.1, 0.15) is 19.8 Å². The molecule has 2 aliphatic heterocycles. The number of hydrogen-bond donors (Lipinski definition) is 0. The molecule has 2 amide bonds. The number of rotatable bonds is 0. The number of hydrogen-bond acceptors (Lipinski definition) is 2. The topological polar surface area (TPSA) is 40.6 Å². The molecule has 0 bridgehead atoms. The molecular weight excluding hydrogens is 168 g/mol. The summed E-state index contributed by atoms with van der Waals surface area (Å²) in [4.78, 5) is 26.7. The van der Waals surface area contributed by atoms with E-state index >= 15 is 0 Å². The highest BCUT2D eigenvalue weighted by atomic mass is 16.2. The third kappa shape index (κ3) is 1.04. The normalized spacial score (nSPS) is 34.0. The summed E-state index contributed by atoms with van der Waals surface area (Å²) in [5.74, 6) is 0.203. The van der Waals surface area contributed by atoms with Crippen LogP contribution < -0.4 is 0 Å². The van der Waals surface area contributed by atoms with E-state index < -0.39 is 0 Å². The Balaban J connectivity index is 2.29. The summed E-state index contributed by atoms with van der Waals surface area (Å²) < 4.78 is 0. The van der Waals surface area contributed by atoms with E-state index in [1.807, 2.05) is 0 Å². The van der Waals surface area contributed by atoms with E-state index in [0.717, 1.165) is 19.4 Å². The number of carbonyl (C=O) groups is 2. The van der Waals surface area contributed by atoms with Crippen molar-refractivity contribution in [1.82, 2.24) is 9.80 Å². The summed E-state index contributed by atoms with van der Waals surface area (Å²) in [7, 11) is 1.71. The minimum absolute atomic E-state index is 0.101. The van der Waals surface area contributed by atoms with Gasteiger partial charge in [-0.3, -0.25) is 9.59 Å². The summed E-state index contributed by atoms with van der Waals surface area (Å²) >= 11 is 0. The van der Waals surface area contributed by atoms with Crippen molar-refractivity contribution >= 4 is 11.8 Å². The predicted octanol–water partition coefficient (Wildman–Crippen LogP) is -0.162. The van der Waals surface area contributed by atoms with Crippen LogP contribution in [0, 0.1) is 0 Å². The molecule has 2 atom stereocenters. The van der Waals surface area contributed by atoms with Gasteiger partial charge in [0.15, 0.2) is 0 Å². The highest BCUT2D eigenvalue weighted by molar-refractivity contribution is 5.97. The number of piperazine rings is 1. The number of nitrogens with zero attached hydrogens (tertiary/aromatic N) is 2. The zero-order valence-electron chi connectivity index (χ0n) is 7.99. The van der Waals surface area contributed by atoms with E-state index in [9.17, 15) is 9.59 Å². The molecule has 0 aromatic rings. The van der Waals surface area contributed by atoms with Crippen LogP contribution in [0.2, 0.25) is 0 Å². The molecule has 4 heteroatoms. The molecule has 13 heavy (non-hydrogen) atoms. The van der Waals surface area contributed by atoms with Gasteiger partial charge in [0, 0.05) is 13.6 Å². The average molecular weight is 182 g/mol. The molecule has 2 rings (SSSR count). The van der Waals surface area contributed by atoms with Gasteiger partial charge >= 0.3 is 0 Å². The first-order valence-electron chi connectivity index (χ1n) is 4.70. The lowest BCUT2D eigenvalue weighted by molar-refractivity contribution is -0.156. The maximum atomic E-state index is 11.7. The Morgan fingerprint density at radius 1 is 1.31 bits per heavy atom. The molecule has 0 N–H and O–H groups in total. The first-order chi connectivity index (χ1) is 6.13. The van der Waals surface area contributed by atoms with E-state index in [-0.39, 0.29) is 23.9 Å². The van der Waals surface area contributed by atoms with Gasteiger partial charge in [0.25, 0.3) is 0 Å². The minimum Gasteiger partial charge on any atom is -0.332 e. The standard InChI is InChI=1S/C9H14N2O2/c1-6-8(12)11-5-3-4-7(11)9(13)10(6)2/h6-7H,3-5H2,1-2H3. The van der Waals surface area contributed by atoms with Crippen LogP contribution in [0.4, 0.5) is 0 Å². The lowest BCUT2D eigenvalue weighted by Gasteiger charge is -2.38. The summed E-state index contributed by atoms with van der Waals surface area (Å²) in [6, 6.07) is -0.435. The maximum Gasteiger partial charge on any atom is 0.245 e. The molecule has 0 aromatic carbocycles. The fourth-order valence-corrected chi connectivity index (χ4v) is 2.12. The smallest absolute Gasteiger partial charge is 0.245 e. The molecule has 2 aliphatic rings. The van der Waals surface area contributed by atoms with E-state index in [1.165, 1.54) is 0 Å². The fourth-order valence-electron chi connectivity index (χ4n) is 2.12. The highest BCUT2D eigenvalue weighted by Crippen LogP contribution is 2.25. The van der Waals surface area contributed by atoms with Crippen LogP contribution in [0.3, 0.4) is 0 Å². The van der Waals surface area contributed by atoms with Crippen molar-refractivity contribution in [3.05, 3.63) is 0 Å². The molecule has 2 unspecified atom stereocenters. The van der Waals surface area contributed by atoms with Gasteiger partial charge in [-0.2, -0.15) is 0 Å². The van der Waals surface area contributed by atoms with Gasteiger partial charge in [-0.15, -0.1) is 0 Å². The fraction of sp³-hybridized carbons (Fsp3) is 0.778. The summed E-state index contributed by atoms with van der Waals surface area (Å²) in [5, 5.41) is 0. The molecule has 0 radical (unpaired) electrons. The van der Waals surface area contributed by atoms with E-state index in [1.54, 1.807) is 23.8 Å². The van der Waals surface area contributed by atoms with E-state index in [0.29, 0.717) is 0 Å². The molecular formula is C9H14N2O2. The van der Waals surface area contributed by atoms with Crippen molar-refractivity contribution in [2.24, 2.45) is 0 Å². The van der Waals surface area contributed by atoms with Crippen molar-refractivity contribution in [1.29, 1.82) is 0 Å². The summed E-state index contributed by atoms with van der Waals surface area (Å²) in [6.45, 7) is 2.54. The number of fused-ring (bicyclic) bond motifs is 1. The quantitative estimate of drug-likeness (QED) is 0.522. The molecule has 2 heterocycles. The first kappa shape index (κ1) is 8.53. The monoisotopic (exact) mass is 182 g/mol. The van der Waals surface area contributed by atoms with Crippen molar-refractivity contribution in [3.8, 4) is 0 Å². The minimum atomic E-state index is -0.276. The van der Waals surface area contributed by atoms with Gasteiger partial charge in [-0.25, -0.2) is 0 Å². The van der Waals surface area contributed by atoms with E-state index in [2.05, 4.69) is 0 Å². The second kappa shape index (κ2) is 2.72. The number of carbonyl (C=O) groups excluding carboxylic acids is 2.